The molecule has 2 atom stereocenters. The molecule has 1 aliphatic carbocycles. The van der Waals surface area contributed by atoms with Crippen molar-refractivity contribution in [3.8, 4) is 11.8 Å². The van der Waals surface area contributed by atoms with Crippen LogP contribution in [-0.4, -0.2) is 23.7 Å². The normalized spacial score (nSPS) is 20.7. The van der Waals surface area contributed by atoms with Crippen LogP contribution in [0.5, 0.6) is 0 Å². The fourth-order valence-corrected chi connectivity index (χ4v) is 2.77. The first kappa shape index (κ1) is 15.6. The third-order valence-corrected chi connectivity index (χ3v) is 3.91. The number of carbonyl (C=O) groups excluding carboxylic acids is 1. The molecule has 1 aromatic rings. The molecule has 1 amide bonds. The smallest absolute Gasteiger partial charge is 0.252 e. The molecule has 21 heavy (non-hydrogen) atoms. The highest BCUT2D eigenvalue weighted by molar-refractivity contribution is 5.97. The molecule has 112 valence electrons. The number of nitrogens with one attached hydrogen (secondary N) is 1. The van der Waals surface area contributed by atoms with Crippen molar-refractivity contribution < 1.29 is 9.90 Å². The Morgan fingerprint density at radius 1 is 1.43 bits per heavy atom. The van der Waals surface area contributed by atoms with E-state index < -0.39 is 0 Å². The predicted molar refractivity (Wildman–Crippen MR) is 84.0 cm³/mol. The van der Waals surface area contributed by atoms with Gasteiger partial charge in [0, 0.05) is 18.0 Å². The van der Waals surface area contributed by atoms with Crippen LogP contribution >= 0.6 is 0 Å². The van der Waals surface area contributed by atoms with Gasteiger partial charge in [-0.3, -0.25) is 4.79 Å². The van der Waals surface area contributed by atoms with Crippen molar-refractivity contribution in [2.45, 2.75) is 45.6 Å². The minimum absolute atomic E-state index is 0.0394. The SMILES string of the molecule is Cc1ccc(C(=O)NC2CCC(C)C2)c(C#CCCO)c1. The van der Waals surface area contributed by atoms with E-state index in [1.807, 2.05) is 25.1 Å². The highest BCUT2D eigenvalue weighted by Crippen LogP contribution is 2.25. The number of aliphatic hydroxyl groups excluding tert-OH is 1. The zero-order valence-corrected chi connectivity index (χ0v) is 12.8. The molecule has 1 aliphatic rings. The number of benzene rings is 1. The topological polar surface area (TPSA) is 49.3 Å². The van der Waals surface area contributed by atoms with E-state index in [-0.39, 0.29) is 18.6 Å². The molecule has 0 radical (unpaired) electrons. The second kappa shape index (κ2) is 7.28. The standard InChI is InChI=1S/C18H23NO2/c1-13-7-9-17(15(11-13)5-3-4-10-20)18(21)19-16-8-6-14(2)12-16/h7,9,11,14,16,20H,4,6,8,10,12H2,1-2H3,(H,19,21). The van der Waals surface area contributed by atoms with Crippen LogP contribution in [0.15, 0.2) is 18.2 Å². The molecule has 0 aliphatic heterocycles. The van der Waals surface area contributed by atoms with E-state index in [1.54, 1.807) is 0 Å². The van der Waals surface area contributed by atoms with Crippen LogP contribution in [0.1, 0.15) is 54.1 Å². The van der Waals surface area contributed by atoms with Gasteiger partial charge in [0.1, 0.15) is 0 Å². The van der Waals surface area contributed by atoms with Crippen LogP contribution < -0.4 is 5.32 Å². The number of rotatable bonds is 3. The molecule has 0 spiro atoms. The van der Waals surface area contributed by atoms with Gasteiger partial charge in [0.05, 0.1) is 12.2 Å². The molecular weight excluding hydrogens is 262 g/mol. The van der Waals surface area contributed by atoms with Gasteiger partial charge in [0.25, 0.3) is 5.91 Å². The van der Waals surface area contributed by atoms with Gasteiger partial charge in [-0.05, 0) is 49.8 Å². The molecule has 2 unspecified atom stereocenters. The van der Waals surface area contributed by atoms with Crippen molar-refractivity contribution in [1.29, 1.82) is 0 Å². The zero-order chi connectivity index (χ0) is 15.2. The second-order valence-electron chi connectivity index (χ2n) is 5.91. The van der Waals surface area contributed by atoms with Crippen molar-refractivity contribution in [3.05, 3.63) is 34.9 Å². The van der Waals surface area contributed by atoms with E-state index in [0.29, 0.717) is 17.9 Å². The lowest BCUT2D eigenvalue weighted by molar-refractivity contribution is 0.0937. The summed E-state index contributed by atoms with van der Waals surface area (Å²) in [4.78, 5) is 12.4. The summed E-state index contributed by atoms with van der Waals surface area (Å²) in [6, 6.07) is 5.98. The van der Waals surface area contributed by atoms with Crippen LogP contribution in [0, 0.1) is 24.7 Å². The van der Waals surface area contributed by atoms with E-state index in [2.05, 4.69) is 24.1 Å². The molecule has 1 fully saturated rings. The van der Waals surface area contributed by atoms with Gasteiger partial charge in [-0.2, -0.15) is 0 Å². The van der Waals surface area contributed by atoms with E-state index in [4.69, 9.17) is 5.11 Å². The van der Waals surface area contributed by atoms with Crippen molar-refractivity contribution in [2.75, 3.05) is 6.61 Å². The first-order chi connectivity index (χ1) is 10.1. The lowest BCUT2D eigenvalue weighted by Crippen LogP contribution is -2.33. The third kappa shape index (κ3) is 4.34. The average Bonchev–Trinajstić information content (AvgIpc) is 2.84. The molecule has 0 saturated heterocycles. The Hall–Kier alpha value is -1.79. The molecule has 0 heterocycles. The molecule has 0 aromatic heterocycles. The number of aryl methyl sites for hydroxylation is 1. The lowest BCUT2D eigenvalue weighted by atomic mass is 10.0. The maximum absolute atomic E-state index is 12.4. The first-order valence-electron chi connectivity index (χ1n) is 7.61. The van der Waals surface area contributed by atoms with E-state index in [9.17, 15) is 4.79 Å². The molecule has 2 rings (SSSR count). The third-order valence-electron chi connectivity index (χ3n) is 3.91. The van der Waals surface area contributed by atoms with Crippen LogP contribution in [-0.2, 0) is 0 Å². The van der Waals surface area contributed by atoms with Gasteiger partial charge in [0.15, 0.2) is 0 Å². The summed E-state index contributed by atoms with van der Waals surface area (Å²) in [5.74, 6) is 6.55. The second-order valence-corrected chi connectivity index (χ2v) is 5.91. The van der Waals surface area contributed by atoms with Gasteiger partial charge in [-0.25, -0.2) is 0 Å². The van der Waals surface area contributed by atoms with Crippen molar-refractivity contribution in [2.24, 2.45) is 5.92 Å². The quantitative estimate of drug-likeness (QED) is 0.839. The molecule has 0 bridgehead atoms. The summed E-state index contributed by atoms with van der Waals surface area (Å²) in [7, 11) is 0. The Kier molecular flexibility index (Phi) is 5.41. The predicted octanol–water partition coefficient (Wildman–Crippen LogP) is 2.65. The summed E-state index contributed by atoms with van der Waals surface area (Å²) in [6.45, 7) is 4.25. The summed E-state index contributed by atoms with van der Waals surface area (Å²) >= 11 is 0. The number of carbonyl (C=O) groups is 1. The van der Waals surface area contributed by atoms with Gasteiger partial charge < -0.3 is 10.4 Å². The van der Waals surface area contributed by atoms with Crippen LogP contribution in [0.2, 0.25) is 0 Å². The van der Waals surface area contributed by atoms with Gasteiger partial charge in [-0.15, -0.1) is 0 Å². The minimum atomic E-state index is -0.0394. The summed E-state index contributed by atoms with van der Waals surface area (Å²) < 4.78 is 0. The Morgan fingerprint density at radius 3 is 2.90 bits per heavy atom. The number of aliphatic hydroxyl groups is 1. The number of hydrogen-bond acceptors (Lipinski definition) is 2. The fraction of sp³-hybridized carbons (Fsp3) is 0.500. The van der Waals surface area contributed by atoms with Gasteiger partial charge >= 0.3 is 0 Å². The molecule has 3 nitrogen and oxygen atoms in total. The zero-order valence-electron chi connectivity index (χ0n) is 12.8. The molecule has 1 aromatic carbocycles. The number of amides is 1. The highest BCUT2D eigenvalue weighted by atomic mass is 16.2. The Labute approximate surface area is 126 Å². The van der Waals surface area contributed by atoms with Crippen LogP contribution in [0.3, 0.4) is 0 Å². The summed E-state index contributed by atoms with van der Waals surface area (Å²) in [5, 5.41) is 11.9. The van der Waals surface area contributed by atoms with Crippen molar-refractivity contribution in [1.82, 2.24) is 5.32 Å². The average molecular weight is 285 g/mol. The largest absolute Gasteiger partial charge is 0.395 e. The monoisotopic (exact) mass is 285 g/mol. The van der Waals surface area contributed by atoms with E-state index in [1.165, 1.54) is 6.42 Å². The van der Waals surface area contributed by atoms with Crippen LogP contribution in [0.25, 0.3) is 0 Å². The molecule has 1 saturated carbocycles. The Morgan fingerprint density at radius 2 is 2.24 bits per heavy atom. The lowest BCUT2D eigenvalue weighted by Gasteiger charge is -2.13. The molecule has 3 heteroatoms. The molecule has 2 N–H and O–H groups in total. The van der Waals surface area contributed by atoms with Crippen molar-refractivity contribution >= 4 is 5.91 Å². The summed E-state index contributed by atoms with van der Waals surface area (Å²) in [5.41, 5.74) is 2.45. The highest BCUT2D eigenvalue weighted by Gasteiger charge is 2.23. The fourth-order valence-electron chi connectivity index (χ4n) is 2.77. The van der Waals surface area contributed by atoms with Gasteiger partial charge in [0.2, 0.25) is 0 Å². The van der Waals surface area contributed by atoms with Gasteiger partial charge in [-0.1, -0.05) is 24.8 Å². The Balaban J connectivity index is 2.14. The minimum Gasteiger partial charge on any atom is -0.395 e. The van der Waals surface area contributed by atoms with E-state index >= 15 is 0 Å². The maximum Gasteiger partial charge on any atom is 0.252 e. The van der Waals surface area contributed by atoms with E-state index in [0.717, 1.165) is 24.0 Å². The number of hydrogen-bond donors (Lipinski definition) is 2. The van der Waals surface area contributed by atoms with Crippen LogP contribution in [0.4, 0.5) is 0 Å². The van der Waals surface area contributed by atoms with Crippen molar-refractivity contribution in [3.63, 3.8) is 0 Å². The first-order valence-corrected chi connectivity index (χ1v) is 7.61. The Bertz CT molecular complexity index is 568. The molecular formula is C18H23NO2. The summed E-state index contributed by atoms with van der Waals surface area (Å²) in [6.07, 6.45) is 3.73. The maximum atomic E-state index is 12.4.